The maximum atomic E-state index is 13.9. The van der Waals surface area contributed by atoms with Gasteiger partial charge in [0.05, 0.1) is 18.3 Å². The molecule has 1 fully saturated rings. The number of piperidine rings is 1. The van der Waals surface area contributed by atoms with Crippen molar-refractivity contribution < 1.29 is 19.1 Å². The van der Waals surface area contributed by atoms with Crippen LogP contribution in [0, 0.1) is 0 Å². The Morgan fingerprint density at radius 1 is 1.62 bits per heavy atom. The van der Waals surface area contributed by atoms with Crippen LogP contribution in [0.1, 0.15) is 29.7 Å². The number of likely N-dealkylation sites (tertiary alicyclic amines) is 1. The summed E-state index contributed by atoms with van der Waals surface area (Å²) in [5, 5.41) is 11.6. The van der Waals surface area contributed by atoms with Crippen LogP contribution in [0.15, 0.2) is 0 Å². The maximum absolute atomic E-state index is 13.9. The Labute approximate surface area is 125 Å². The number of carboxylic acid groups (broad SMARTS) is 1. The predicted octanol–water partition coefficient (Wildman–Crippen LogP) is 1.45. The molecule has 0 saturated carbocycles. The number of hydrogen-bond donors (Lipinski definition) is 3. The van der Waals surface area contributed by atoms with Crippen molar-refractivity contribution in [3.63, 3.8) is 0 Å². The molecule has 0 aliphatic carbocycles. The fraction of sp³-hybridized carbons (Fsp3) is 0.583. The summed E-state index contributed by atoms with van der Waals surface area (Å²) in [4.78, 5) is 30.4. The average molecular weight is 319 g/mol. The van der Waals surface area contributed by atoms with Gasteiger partial charge in [0.25, 0.3) is 5.91 Å². The molecule has 116 valence electrons. The summed E-state index contributed by atoms with van der Waals surface area (Å²) in [6.45, 7) is 1.79. The van der Waals surface area contributed by atoms with Crippen molar-refractivity contribution in [1.29, 1.82) is 0 Å². The normalized spacial score (nSPS) is 22.1. The van der Waals surface area contributed by atoms with E-state index in [1.54, 1.807) is 0 Å². The molecule has 1 saturated heterocycles. The molecule has 3 N–H and O–H groups in total. The number of halogens is 2. The lowest BCUT2D eigenvalue weighted by atomic mass is 10.0. The second-order valence-corrected chi connectivity index (χ2v) is 5.18. The van der Waals surface area contributed by atoms with Crippen LogP contribution >= 0.6 is 11.6 Å². The van der Waals surface area contributed by atoms with Crippen molar-refractivity contribution in [2.24, 2.45) is 0 Å². The number of rotatable bonds is 3. The molecule has 0 unspecified atom stereocenters. The first-order valence-electron chi connectivity index (χ1n) is 6.59. The van der Waals surface area contributed by atoms with Crippen molar-refractivity contribution in [3.05, 3.63) is 16.7 Å². The Balaban J connectivity index is 1.98. The summed E-state index contributed by atoms with van der Waals surface area (Å²) in [6, 6.07) is -0.734. The van der Waals surface area contributed by atoms with E-state index in [0.717, 1.165) is 4.90 Å². The lowest BCUT2D eigenvalue weighted by molar-refractivity contribution is 0.0747. The molecule has 1 aliphatic rings. The van der Waals surface area contributed by atoms with Crippen LogP contribution in [0.5, 0.6) is 0 Å². The summed E-state index contributed by atoms with van der Waals surface area (Å²) in [5.41, 5.74) is 0.638. The topological polar surface area (TPSA) is 98.3 Å². The van der Waals surface area contributed by atoms with Gasteiger partial charge < -0.3 is 20.3 Å². The van der Waals surface area contributed by atoms with Gasteiger partial charge in [-0.3, -0.25) is 4.79 Å². The minimum absolute atomic E-state index is 0.0321. The highest BCUT2D eigenvalue weighted by molar-refractivity contribution is 6.30. The molecule has 0 aromatic carbocycles. The van der Waals surface area contributed by atoms with Gasteiger partial charge in [-0.15, -0.1) is 0 Å². The monoisotopic (exact) mass is 318 g/mol. The predicted molar refractivity (Wildman–Crippen MR) is 73.3 cm³/mol. The standard InChI is InChI=1S/C12H16ClFN4O3/c1-2-7-9(13)17-10(15-7)11(19)16-8-3-4-18(12(20)21)5-6(8)14/h6,8H,2-5H2,1H3,(H,15,17)(H,16,19)(H,20,21)/t6-,8+/m1/s1. The van der Waals surface area contributed by atoms with E-state index in [2.05, 4.69) is 15.3 Å². The molecule has 21 heavy (non-hydrogen) atoms. The first kappa shape index (κ1) is 15.6. The van der Waals surface area contributed by atoms with E-state index >= 15 is 0 Å². The number of aromatic nitrogens is 2. The number of amides is 2. The highest BCUT2D eigenvalue weighted by Crippen LogP contribution is 2.16. The van der Waals surface area contributed by atoms with Gasteiger partial charge in [-0.25, -0.2) is 14.2 Å². The van der Waals surface area contributed by atoms with E-state index in [4.69, 9.17) is 16.7 Å². The molecular formula is C12H16ClFN4O3. The Morgan fingerprint density at radius 3 is 2.86 bits per heavy atom. The Hall–Kier alpha value is -1.83. The van der Waals surface area contributed by atoms with Crippen molar-refractivity contribution in [3.8, 4) is 0 Å². The zero-order valence-corrected chi connectivity index (χ0v) is 12.2. The smallest absolute Gasteiger partial charge is 0.407 e. The third kappa shape index (κ3) is 3.44. The van der Waals surface area contributed by atoms with E-state index in [1.165, 1.54) is 0 Å². The van der Waals surface area contributed by atoms with Crippen molar-refractivity contribution in [1.82, 2.24) is 20.2 Å². The van der Waals surface area contributed by atoms with Crippen LogP contribution in [0.25, 0.3) is 0 Å². The summed E-state index contributed by atoms with van der Waals surface area (Å²) in [7, 11) is 0. The number of H-pyrrole nitrogens is 1. The zero-order valence-electron chi connectivity index (χ0n) is 11.4. The third-order valence-corrected chi connectivity index (χ3v) is 3.74. The molecular weight excluding hydrogens is 303 g/mol. The van der Waals surface area contributed by atoms with Crippen LogP contribution in [0.3, 0.4) is 0 Å². The van der Waals surface area contributed by atoms with E-state index in [9.17, 15) is 14.0 Å². The number of carbonyl (C=O) groups is 2. The lowest BCUT2D eigenvalue weighted by Gasteiger charge is -2.33. The van der Waals surface area contributed by atoms with Crippen LogP contribution < -0.4 is 5.32 Å². The van der Waals surface area contributed by atoms with Gasteiger partial charge in [0.15, 0.2) is 11.0 Å². The number of nitrogens with zero attached hydrogens (tertiary/aromatic N) is 2. The number of alkyl halides is 1. The van der Waals surface area contributed by atoms with Crippen LogP contribution in [0.4, 0.5) is 9.18 Å². The highest BCUT2D eigenvalue weighted by atomic mass is 35.5. The SMILES string of the molecule is CCc1[nH]c(C(=O)N[C@H]2CCN(C(=O)O)C[C@H]2F)nc1Cl. The fourth-order valence-corrected chi connectivity index (χ4v) is 2.47. The van der Waals surface area contributed by atoms with E-state index < -0.39 is 24.2 Å². The van der Waals surface area contributed by atoms with Crippen molar-refractivity contribution >= 4 is 23.6 Å². The molecule has 0 radical (unpaired) electrons. The summed E-state index contributed by atoms with van der Waals surface area (Å²) in [5.74, 6) is -0.516. The Bertz CT molecular complexity index is 551. The number of aryl methyl sites for hydroxylation is 1. The number of imidazole rings is 1. The summed E-state index contributed by atoms with van der Waals surface area (Å²) >= 11 is 5.85. The fourth-order valence-electron chi connectivity index (χ4n) is 2.21. The lowest BCUT2D eigenvalue weighted by Crippen LogP contribution is -2.53. The van der Waals surface area contributed by atoms with Gasteiger partial charge in [-0.2, -0.15) is 0 Å². The highest BCUT2D eigenvalue weighted by Gasteiger charge is 2.33. The molecule has 1 aromatic heterocycles. The van der Waals surface area contributed by atoms with Crippen LogP contribution in [0.2, 0.25) is 5.15 Å². The quantitative estimate of drug-likeness (QED) is 0.785. The molecule has 9 heteroatoms. The van der Waals surface area contributed by atoms with Gasteiger partial charge in [0.2, 0.25) is 0 Å². The number of aromatic amines is 1. The largest absolute Gasteiger partial charge is 0.465 e. The van der Waals surface area contributed by atoms with Crippen molar-refractivity contribution in [2.45, 2.75) is 32.0 Å². The minimum Gasteiger partial charge on any atom is -0.465 e. The van der Waals surface area contributed by atoms with Crippen molar-refractivity contribution in [2.75, 3.05) is 13.1 Å². The first-order chi connectivity index (χ1) is 9.92. The van der Waals surface area contributed by atoms with Crippen LogP contribution in [-0.2, 0) is 6.42 Å². The zero-order chi connectivity index (χ0) is 15.6. The summed E-state index contributed by atoms with van der Waals surface area (Å²) < 4.78 is 13.9. The Morgan fingerprint density at radius 2 is 2.33 bits per heavy atom. The number of hydrogen-bond acceptors (Lipinski definition) is 3. The summed E-state index contributed by atoms with van der Waals surface area (Å²) in [6.07, 6.45) is -1.79. The first-order valence-corrected chi connectivity index (χ1v) is 6.97. The third-order valence-electron chi connectivity index (χ3n) is 3.43. The van der Waals surface area contributed by atoms with Gasteiger partial charge in [-0.05, 0) is 12.8 Å². The minimum atomic E-state index is -1.45. The Kier molecular flexibility index (Phi) is 4.66. The molecule has 2 heterocycles. The van der Waals surface area contributed by atoms with Crippen LogP contribution in [-0.4, -0.2) is 57.3 Å². The molecule has 7 nitrogen and oxygen atoms in total. The molecule has 1 aliphatic heterocycles. The van der Waals surface area contributed by atoms with E-state index in [1.807, 2.05) is 6.92 Å². The molecule has 1 aromatic rings. The van der Waals surface area contributed by atoms with Gasteiger partial charge in [0.1, 0.15) is 6.17 Å². The van der Waals surface area contributed by atoms with E-state index in [0.29, 0.717) is 12.1 Å². The second-order valence-electron chi connectivity index (χ2n) is 4.82. The van der Waals surface area contributed by atoms with Gasteiger partial charge in [-0.1, -0.05) is 18.5 Å². The van der Waals surface area contributed by atoms with Gasteiger partial charge in [0, 0.05) is 6.54 Å². The maximum Gasteiger partial charge on any atom is 0.407 e. The molecule has 2 atom stereocenters. The average Bonchev–Trinajstić information content (AvgIpc) is 2.82. The second kappa shape index (κ2) is 6.30. The molecule has 0 spiro atoms. The number of carbonyl (C=O) groups excluding carboxylic acids is 1. The van der Waals surface area contributed by atoms with Gasteiger partial charge >= 0.3 is 6.09 Å². The molecule has 2 amide bonds. The van der Waals surface area contributed by atoms with E-state index in [-0.39, 0.29) is 30.5 Å². The molecule has 2 rings (SSSR count). The molecule has 0 bridgehead atoms. The number of nitrogens with one attached hydrogen (secondary N) is 2.